The molecule has 1 atom stereocenters. The Morgan fingerprint density at radius 2 is 1.56 bits per heavy atom. The van der Waals surface area contributed by atoms with E-state index in [9.17, 15) is 19.8 Å². The molecule has 1 unspecified atom stereocenters. The number of benzene rings is 1. The van der Waals surface area contributed by atoms with Crippen molar-refractivity contribution < 1.29 is 46.3 Å². The molecule has 7 nitrogen and oxygen atoms in total. The third-order valence-corrected chi connectivity index (χ3v) is 4.38. The fourth-order valence-corrected chi connectivity index (χ4v) is 2.33. The molecule has 0 aliphatic rings. The lowest BCUT2D eigenvalue weighted by Crippen LogP contribution is -3.00. The number of carboxylic acid groups (broad SMARTS) is 2. The van der Waals surface area contributed by atoms with Gasteiger partial charge >= 0.3 is 5.97 Å². The lowest BCUT2D eigenvalue weighted by molar-refractivity contribution is -0.938. The van der Waals surface area contributed by atoms with E-state index < -0.39 is 11.9 Å². The van der Waals surface area contributed by atoms with E-state index in [0.717, 1.165) is 28.6 Å². The largest absolute Gasteiger partial charge is 1.00 e. The molecule has 0 amide bonds. The molecule has 27 heavy (non-hydrogen) atoms. The molecule has 0 aliphatic carbocycles. The minimum Gasteiger partial charge on any atom is -1.00 e. The Labute approximate surface area is 175 Å². The Bertz CT molecular complexity index is 573. The standard InChI is InChI=1S/C10H25BrN2O.C8H6O4.ClH/c1-12(2,3)6-7-13(4,5)9-10(14)8-11;9-7(10)5-3-1-2-4-6(5)8(11)12;/h10,14H,6-9H2,1-5H3;1-4H,(H,9,10)(H,11,12);1H/q+2;;/p-2. The summed E-state index contributed by atoms with van der Waals surface area (Å²) in [6.45, 7) is 3.03. The molecule has 2 N–H and O–H groups in total. The van der Waals surface area contributed by atoms with Crippen LogP contribution in [0.25, 0.3) is 0 Å². The fraction of sp³-hybridized carbons (Fsp3) is 0.556. The van der Waals surface area contributed by atoms with Crippen molar-refractivity contribution in [3.05, 3.63) is 35.4 Å². The minimum atomic E-state index is -1.48. The van der Waals surface area contributed by atoms with Crippen LogP contribution in [0.15, 0.2) is 24.3 Å². The van der Waals surface area contributed by atoms with Gasteiger partial charge in [-0.05, 0) is 6.07 Å². The van der Waals surface area contributed by atoms with Gasteiger partial charge in [0.1, 0.15) is 25.7 Å². The van der Waals surface area contributed by atoms with Crippen LogP contribution < -0.4 is 17.5 Å². The molecule has 0 bridgehead atoms. The Morgan fingerprint density at radius 1 is 1.07 bits per heavy atom. The van der Waals surface area contributed by atoms with Gasteiger partial charge in [-0.2, -0.15) is 0 Å². The van der Waals surface area contributed by atoms with Crippen LogP contribution in [0.1, 0.15) is 20.7 Å². The molecule has 1 aromatic carbocycles. The molecule has 0 saturated heterocycles. The minimum absolute atomic E-state index is 0. The van der Waals surface area contributed by atoms with Gasteiger partial charge in [-0.1, -0.05) is 34.1 Å². The molecule has 1 rings (SSSR count). The Kier molecular flexibility index (Phi) is 12.8. The summed E-state index contributed by atoms with van der Waals surface area (Å²) < 4.78 is 1.86. The molecule has 156 valence electrons. The molecule has 0 fully saturated rings. The number of hydrogen-bond acceptors (Lipinski definition) is 4. The zero-order valence-electron chi connectivity index (χ0n) is 16.5. The average molecular weight is 470 g/mol. The summed E-state index contributed by atoms with van der Waals surface area (Å²) in [6, 6.07) is 5.31. The second kappa shape index (κ2) is 12.3. The molecule has 9 heteroatoms. The van der Waals surface area contributed by atoms with Crippen molar-refractivity contribution in [3.63, 3.8) is 0 Å². The maximum absolute atomic E-state index is 10.4. The van der Waals surface area contributed by atoms with Crippen LogP contribution in [0.2, 0.25) is 0 Å². The van der Waals surface area contributed by atoms with Gasteiger partial charge in [0.05, 0.1) is 46.8 Å². The molecule has 0 aromatic heterocycles. The first kappa shape index (κ1) is 28.0. The van der Waals surface area contributed by atoms with Gasteiger partial charge in [0.25, 0.3) is 0 Å². The van der Waals surface area contributed by atoms with Crippen LogP contribution in [-0.4, -0.2) is 97.4 Å². The third kappa shape index (κ3) is 12.8. The van der Waals surface area contributed by atoms with Crippen molar-refractivity contribution in [3.8, 4) is 0 Å². The molecule has 0 aliphatic heterocycles. The zero-order chi connectivity index (χ0) is 20.5. The van der Waals surface area contributed by atoms with Crippen molar-refractivity contribution in [1.82, 2.24) is 0 Å². The Morgan fingerprint density at radius 3 is 1.89 bits per heavy atom. The van der Waals surface area contributed by atoms with E-state index in [-0.39, 0.29) is 29.6 Å². The maximum Gasteiger partial charge on any atom is 0.336 e. The topological polar surface area (TPSA) is 97.7 Å². The SMILES string of the molecule is C[N+](C)(C)CC[N+](C)(C)CC(O)CBr.O=C([O-])c1ccccc1C(=O)O.[Cl-]. The monoisotopic (exact) mass is 468 g/mol. The van der Waals surface area contributed by atoms with Crippen molar-refractivity contribution in [2.24, 2.45) is 0 Å². The van der Waals surface area contributed by atoms with Gasteiger partial charge in [-0.15, -0.1) is 0 Å². The van der Waals surface area contributed by atoms with Gasteiger partial charge in [0, 0.05) is 10.9 Å². The second-order valence-electron chi connectivity index (χ2n) is 7.80. The number of alkyl halides is 1. The summed E-state index contributed by atoms with van der Waals surface area (Å²) >= 11 is 3.29. The normalized spacial score (nSPS) is 12.3. The number of carbonyl (C=O) groups is 2. The van der Waals surface area contributed by atoms with Crippen LogP contribution in [0.5, 0.6) is 0 Å². The van der Waals surface area contributed by atoms with Crippen LogP contribution in [0, 0.1) is 0 Å². The van der Waals surface area contributed by atoms with Crippen LogP contribution in [0.3, 0.4) is 0 Å². The van der Waals surface area contributed by atoms with E-state index >= 15 is 0 Å². The molecule has 0 saturated carbocycles. The van der Waals surface area contributed by atoms with Gasteiger partial charge in [0.15, 0.2) is 0 Å². The molecule has 1 aromatic rings. The predicted molar refractivity (Wildman–Crippen MR) is 102 cm³/mol. The number of halogens is 2. The van der Waals surface area contributed by atoms with Crippen molar-refractivity contribution in [2.75, 3.05) is 60.2 Å². The quantitative estimate of drug-likeness (QED) is 0.318. The summed E-state index contributed by atoms with van der Waals surface area (Å²) in [5.74, 6) is -2.75. The summed E-state index contributed by atoms with van der Waals surface area (Å²) in [7, 11) is 10.9. The summed E-state index contributed by atoms with van der Waals surface area (Å²) in [5.41, 5.74) is -0.553. The van der Waals surface area contributed by atoms with E-state index in [1.165, 1.54) is 24.3 Å². The van der Waals surface area contributed by atoms with Gasteiger partial charge in [0.2, 0.25) is 0 Å². The highest BCUT2D eigenvalue weighted by Crippen LogP contribution is 2.07. The van der Waals surface area contributed by atoms with Crippen LogP contribution >= 0.6 is 15.9 Å². The van der Waals surface area contributed by atoms with Gasteiger partial charge in [-0.25, -0.2) is 4.79 Å². The first-order valence-corrected chi connectivity index (χ1v) is 9.31. The molecule has 0 spiro atoms. The van der Waals surface area contributed by atoms with Gasteiger partial charge < -0.3 is 41.5 Å². The lowest BCUT2D eigenvalue weighted by Gasteiger charge is -2.34. The lowest BCUT2D eigenvalue weighted by atomic mass is 10.1. The van der Waals surface area contributed by atoms with Crippen molar-refractivity contribution in [2.45, 2.75) is 6.10 Å². The number of hydrogen-bond donors (Lipinski definition) is 2. The number of rotatable bonds is 8. The van der Waals surface area contributed by atoms with Crippen molar-refractivity contribution >= 4 is 27.9 Å². The van der Waals surface area contributed by atoms with E-state index in [1.807, 2.05) is 0 Å². The summed E-state index contributed by atoms with van der Waals surface area (Å²) in [6.07, 6.45) is -0.238. The number of aliphatic hydroxyl groups excluding tert-OH is 1. The number of carboxylic acids is 2. The smallest absolute Gasteiger partial charge is 0.336 e. The van der Waals surface area contributed by atoms with E-state index in [1.54, 1.807) is 0 Å². The van der Waals surface area contributed by atoms with E-state index in [2.05, 4.69) is 51.2 Å². The number of quaternary nitrogens is 2. The molecule has 0 heterocycles. The highest BCUT2D eigenvalue weighted by molar-refractivity contribution is 9.09. The Balaban J connectivity index is 0. The maximum atomic E-state index is 10.4. The molecular weight excluding hydrogens is 440 g/mol. The fourth-order valence-electron chi connectivity index (χ4n) is 2.13. The Hall–Kier alpha value is -1.19. The molecular formula is C18H30BrClN2O5. The highest BCUT2D eigenvalue weighted by atomic mass is 79.9. The third-order valence-electron chi connectivity index (χ3n) is 3.64. The summed E-state index contributed by atoms with van der Waals surface area (Å²) in [5, 5.41) is 29.1. The van der Waals surface area contributed by atoms with Crippen LogP contribution in [-0.2, 0) is 0 Å². The first-order valence-electron chi connectivity index (χ1n) is 8.19. The number of likely N-dealkylation sites (N-methyl/N-ethyl adjacent to an activating group) is 2. The number of carbonyl (C=O) groups excluding carboxylic acids is 1. The number of nitrogens with zero attached hydrogens (tertiary/aromatic N) is 2. The van der Waals surface area contributed by atoms with E-state index in [0.29, 0.717) is 5.33 Å². The average Bonchev–Trinajstić information content (AvgIpc) is 2.52. The van der Waals surface area contributed by atoms with Gasteiger partial charge in [-0.3, -0.25) is 0 Å². The second-order valence-corrected chi connectivity index (χ2v) is 8.45. The van der Waals surface area contributed by atoms with E-state index in [4.69, 9.17) is 5.11 Å². The van der Waals surface area contributed by atoms with Crippen molar-refractivity contribution in [1.29, 1.82) is 0 Å². The predicted octanol–water partition coefficient (Wildman–Crippen LogP) is -2.72. The molecule has 0 radical (unpaired) electrons. The summed E-state index contributed by atoms with van der Waals surface area (Å²) in [4.78, 5) is 20.8. The number of aliphatic hydroxyl groups is 1. The highest BCUT2D eigenvalue weighted by Gasteiger charge is 2.22. The van der Waals surface area contributed by atoms with Crippen LogP contribution in [0.4, 0.5) is 0 Å². The first-order chi connectivity index (χ1) is 11.8. The number of aromatic carboxylic acids is 2. The zero-order valence-corrected chi connectivity index (χ0v) is 18.8.